The minimum absolute atomic E-state index is 0.0145. The molecule has 1 aromatic rings. The standard InChI is InChI=1S/C10H16ClN3O/c1-3-7-5-9(14-10(11)13-7)12-8(4-2)6-15/h5,8,15H,3-4,6H2,1-2H3,(H,12,13,14). The summed E-state index contributed by atoms with van der Waals surface area (Å²) in [4.78, 5) is 8.11. The Morgan fingerprint density at radius 2 is 2.20 bits per heavy atom. The average Bonchev–Trinajstić information content (AvgIpc) is 2.25. The summed E-state index contributed by atoms with van der Waals surface area (Å²) in [5, 5.41) is 12.4. The van der Waals surface area contributed by atoms with E-state index in [-0.39, 0.29) is 17.9 Å². The summed E-state index contributed by atoms with van der Waals surface area (Å²) in [5.74, 6) is 0.674. The van der Waals surface area contributed by atoms with E-state index >= 15 is 0 Å². The van der Waals surface area contributed by atoms with Crippen LogP contribution in [0.1, 0.15) is 26.0 Å². The maximum absolute atomic E-state index is 9.04. The summed E-state index contributed by atoms with van der Waals surface area (Å²) in [6, 6.07) is 1.87. The van der Waals surface area contributed by atoms with Crippen molar-refractivity contribution in [3.8, 4) is 0 Å². The number of aliphatic hydroxyl groups is 1. The summed E-state index contributed by atoms with van der Waals surface area (Å²) >= 11 is 5.77. The first kappa shape index (κ1) is 12.2. The number of halogens is 1. The molecule has 0 aromatic carbocycles. The lowest BCUT2D eigenvalue weighted by Crippen LogP contribution is -2.23. The summed E-state index contributed by atoms with van der Waals surface area (Å²) in [6.45, 7) is 4.09. The van der Waals surface area contributed by atoms with Crippen molar-refractivity contribution in [1.82, 2.24) is 9.97 Å². The van der Waals surface area contributed by atoms with E-state index in [1.165, 1.54) is 0 Å². The number of aliphatic hydroxyl groups excluding tert-OH is 1. The van der Waals surface area contributed by atoms with Crippen molar-refractivity contribution in [2.24, 2.45) is 0 Å². The molecule has 0 amide bonds. The Bertz CT molecular complexity index is 316. The van der Waals surface area contributed by atoms with Gasteiger partial charge in [0.05, 0.1) is 12.6 Å². The van der Waals surface area contributed by atoms with Gasteiger partial charge in [0.15, 0.2) is 0 Å². The molecule has 0 aliphatic carbocycles. The number of rotatable bonds is 5. The fourth-order valence-corrected chi connectivity index (χ4v) is 1.41. The van der Waals surface area contributed by atoms with Gasteiger partial charge in [0.25, 0.3) is 0 Å². The molecule has 1 aromatic heterocycles. The van der Waals surface area contributed by atoms with Gasteiger partial charge in [-0.1, -0.05) is 13.8 Å². The molecule has 0 saturated heterocycles. The summed E-state index contributed by atoms with van der Waals surface area (Å²) in [5.41, 5.74) is 0.894. The lowest BCUT2D eigenvalue weighted by molar-refractivity contribution is 0.271. The van der Waals surface area contributed by atoms with Gasteiger partial charge in [0.2, 0.25) is 5.28 Å². The van der Waals surface area contributed by atoms with Crippen LogP contribution in [0.4, 0.5) is 5.82 Å². The lowest BCUT2D eigenvalue weighted by atomic mass is 10.2. The molecule has 15 heavy (non-hydrogen) atoms. The fourth-order valence-electron chi connectivity index (χ4n) is 1.21. The molecule has 0 spiro atoms. The van der Waals surface area contributed by atoms with E-state index in [0.717, 1.165) is 18.5 Å². The Morgan fingerprint density at radius 1 is 1.47 bits per heavy atom. The first-order chi connectivity index (χ1) is 7.19. The molecular formula is C10H16ClN3O. The van der Waals surface area contributed by atoms with Crippen LogP contribution < -0.4 is 5.32 Å². The Morgan fingerprint density at radius 3 is 2.73 bits per heavy atom. The number of hydrogen-bond acceptors (Lipinski definition) is 4. The van der Waals surface area contributed by atoms with Crippen LogP contribution in [0.3, 0.4) is 0 Å². The van der Waals surface area contributed by atoms with Crippen LogP contribution in [0.25, 0.3) is 0 Å². The van der Waals surface area contributed by atoms with Crippen LogP contribution in [0.2, 0.25) is 5.28 Å². The number of hydrogen-bond donors (Lipinski definition) is 2. The minimum Gasteiger partial charge on any atom is -0.394 e. The third-order valence-corrected chi connectivity index (χ3v) is 2.35. The van der Waals surface area contributed by atoms with Crippen molar-refractivity contribution in [3.05, 3.63) is 17.0 Å². The zero-order chi connectivity index (χ0) is 11.3. The normalized spacial score (nSPS) is 12.5. The van der Waals surface area contributed by atoms with Gasteiger partial charge < -0.3 is 10.4 Å². The van der Waals surface area contributed by atoms with Gasteiger partial charge in [-0.3, -0.25) is 0 Å². The van der Waals surface area contributed by atoms with Crippen LogP contribution >= 0.6 is 11.6 Å². The second-order valence-electron chi connectivity index (χ2n) is 3.30. The zero-order valence-corrected chi connectivity index (χ0v) is 9.75. The Balaban J connectivity index is 2.79. The maximum atomic E-state index is 9.04. The second-order valence-corrected chi connectivity index (χ2v) is 3.64. The Kier molecular flexibility index (Phi) is 4.78. The van der Waals surface area contributed by atoms with E-state index in [4.69, 9.17) is 16.7 Å². The molecule has 1 rings (SSSR count). The molecule has 0 saturated carbocycles. The van der Waals surface area contributed by atoms with Crippen molar-refractivity contribution in [2.45, 2.75) is 32.7 Å². The van der Waals surface area contributed by atoms with Crippen molar-refractivity contribution in [1.29, 1.82) is 0 Å². The molecule has 0 aliphatic heterocycles. The van der Waals surface area contributed by atoms with Gasteiger partial charge in [-0.15, -0.1) is 0 Å². The number of nitrogens with zero attached hydrogens (tertiary/aromatic N) is 2. The SMILES string of the molecule is CCc1cc(NC(CC)CO)nc(Cl)n1. The largest absolute Gasteiger partial charge is 0.394 e. The predicted octanol–water partition coefficient (Wildman–Crippen LogP) is 1.88. The van der Waals surface area contributed by atoms with E-state index in [2.05, 4.69) is 15.3 Å². The van der Waals surface area contributed by atoms with Gasteiger partial charge in [-0.25, -0.2) is 9.97 Å². The third-order valence-electron chi connectivity index (χ3n) is 2.18. The monoisotopic (exact) mass is 229 g/mol. The number of nitrogens with one attached hydrogen (secondary N) is 1. The van der Waals surface area contributed by atoms with Crippen molar-refractivity contribution in [3.63, 3.8) is 0 Å². The molecule has 84 valence electrons. The van der Waals surface area contributed by atoms with Crippen molar-refractivity contribution < 1.29 is 5.11 Å². The quantitative estimate of drug-likeness (QED) is 0.757. The first-order valence-electron chi connectivity index (χ1n) is 5.10. The highest BCUT2D eigenvalue weighted by atomic mass is 35.5. The molecule has 1 heterocycles. The third kappa shape index (κ3) is 3.64. The van der Waals surface area contributed by atoms with Crippen LogP contribution in [0.15, 0.2) is 6.07 Å². The van der Waals surface area contributed by atoms with Gasteiger partial charge in [0.1, 0.15) is 5.82 Å². The molecular weight excluding hydrogens is 214 g/mol. The summed E-state index contributed by atoms with van der Waals surface area (Å²) < 4.78 is 0. The highest BCUT2D eigenvalue weighted by Crippen LogP contribution is 2.12. The topological polar surface area (TPSA) is 58.0 Å². The van der Waals surface area contributed by atoms with E-state index < -0.39 is 0 Å². The molecule has 0 radical (unpaired) electrons. The molecule has 5 heteroatoms. The van der Waals surface area contributed by atoms with E-state index in [1.54, 1.807) is 0 Å². The predicted molar refractivity (Wildman–Crippen MR) is 61.2 cm³/mol. The van der Waals surface area contributed by atoms with Crippen LogP contribution in [-0.2, 0) is 6.42 Å². The van der Waals surface area contributed by atoms with Crippen molar-refractivity contribution in [2.75, 3.05) is 11.9 Å². The highest BCUT2D eigenvalue weighted by Gasteiger charge is 2.07. The maximum Gasteiger partial charge on any atom is 0.224 e. The summed E-state index contributed by atoms with van der Waals surface area (Å²) in [7, 11) is 0. The van der Waals surface area contributed by atoms with Crippen LogP contribution in [-0.4, -0.2) is 27.7 Å². The molecule has 1 unspecified atom stereocenters. The smallest absolute Gasteiger partial charge is 0.224 e. The molecule has 2 N–H and O–H groups in total. The van der Waals surface area contributed by atoms with E-state index in [1.807, 2.05) is 19.9 Å². The molecule has 4 nitrogen and oxygen atoms in total. The molecule has 1 atom stereocenters. The number of aromatic nitrogens is 2. The summed E-state index contributed by atoms with van der Waals surface area (Å²) in [6.07, 6.45) is 1.65. The second kappa shape index (κ2) is 5.88. The van der Waals surface area contributed by atoms with Crippen LogP contribution in [0.5, 0.6) is 0 Å². The lowest BCUT2D eigenvalue weighted by Gasteiger charge is -2.14. The van der Waals surface area contributed by atoms with Gasteiger partial charge >= 0.3 is 0 Å². The zero-order valence-electron chi connectivity index (χ0n) is 9.00. The highest BCUT2D eigenvalue weighted by molar-refractivity contribution is 6.28. The van der Waals surface area contributed by atoms with E-state index in [9.17, 15) is 0 Å². The molecule has 0 aliphatic rings. The number of anilines is 1. The molecule has 0 fully saturated rings. The van der Waals surface area contributed by atoms with Gasteiger partial charge in [-0.05, 0) is 24.4 Å². The average molecular weight is 230 g/mol. The minimum atomic E-state index is 0.0145. The number of aryl methyl sites for hydroxylation is 1. The van der Waals surface area contributed by atoms with E-state index in [0.29, 0.717) is 5.82 Å². The van der Waals surface area contributed by atoms with Crippen LogP contribution in [0, 0.1) is 0 Å². The Labute approximate surface area is 94.7 Å². The fraction of sp³-hybridized carbons (Fsp3) is 0.600. The first-order valence-corrected chi connectivity index (χ1v) is 5.48. The van der Waals surface area contributed by atoms with Crippen molar-refractivity contribution >= 4 is 17.4 Å². The Hall–Kier alpha value is -0.870. The van der Waals surface area contributed by atoms with Gasteiger partial charge in [-0.2, -0.15) is 0 Å². The molecule has 0 bridgehead atoms. The van der Waals surface area contributed by atoms with Gasteiger partial charge in [0, 0.05) is 11.8 Å².